The van der Waals surface area contributed by atoms with Crippen LogP contribution in [0.25, 0.3) is 0 Å². The minimum absolute atomic E-state index is 0.142. The highest BCUT2D eigenvalue weighted by molar-refractivity contribution is 5.68. The van der Waals surface area contributed by atoms with Gasteiger partial charge < -0.3 is 14.7 Å². The Bertz CT molecular complexity index is 350. The number of ether oxygens (including phenoxy) is 1. The molecule has 4 unspecified atom stereocenters. The molecule has 0 aromatic rings. The molecule has 1 amide bonds. The van der Waals surface area contributed by atoms with Crippen molar-refractivity contribution >= 4 is 6.09 Å². The highest BCUT2D eigenvalue weighted by atomic mass is 16.6. The molecule has 0 spiro atoms. The fourth-order valence-electron chi connectivity index (χ4n) is 3.72. The summed E-state index contributed by atoms with van der Waals surface area (Å²) in [4.78, 5) is 14.0. The number of nitrogens with zero attached hydrogens (tertiary/aromatic N) is 1. The number of carbonyl (C=O) groups is 1. The highest BCUT2D eigenvalue weighted by Gasteiger charge is 2.47. The molecule has 0 bridgehead atoms. The van der Waals surface area contributed by atoms with E-state index in [0.29, 0.717) is 24.9 Å². The zero-order chi connectivity index (χ0) is 14.9. The van der Waals surface area contributed by atoms with Crippen LogP contribution in [0.5, 0.6) is 0 Å². The smallest absolute Gasteiger partial charge is 0.410 e. The Labute approximate surface area is 122 Å². The van der Waals surface area contributed by atoms with Crippen molar-refractivity contribution in [2.45, 2.75) is 65.5 Å². The van der Waals surface area contributed by atoms with E-state index in [0.717, 1.165) is 6.54 Å². The molecule has 1 aliphatic carbocycles. The first-order valence-corrected chi connectivity index (χ1v) is 7.96. The number of rotatable bonds is 3. The quantitative estimate of drug-likeness (QED) is 0.866. The summed E-state index contributed by atoms with van der Waals surface area (Å²) in [5.41, 5.74) is -0.142. The largest absolute Gasteiger partial charge is 0.450 e. The number of fused-ring (bicyclic) bond motifs is 1. The molecule has 20 heavy (non-hydrogen) atoms. The van der Waals surface area contributed by atoms with Gasteiger partial charge in [-0.05, 0) is 43.4 Å². The lowest BCUT2D eigenvalue weighted by Gasteiger charge is -2.33. The van der Waals surface area contributed by atoms with E-state index < -0.39 is 0 Å². The van der Waals surface area contributed by atoms with E-state index in [9.17, 15) is 9.90 Å². The van der Waals surface area contributed by atoms with Gasteiger partial charge in [-0.1, -0.05) is 27.2 Å². The third-order valence-corrected chi connectivity index (χ3v) is 5.01. The van der Waals surface area contributed by atoms with Crippen LogP contribution in [0.3, 0.4) is 0 Å². The predicted molar refractivity (Wildman–Crippen MR) is 78.4 cm³/mol. The molecule has 1 aliphatic heterocycles. The minimum atomic E-state index is -0.385. The maximum absolute atomic E-state index is 12.1. The summed E-state index contributed by atoms with van der Waals surface area (Å²) in [6.07, 6.45) is 3.74. The van der Waals surface area contributed by atoms with Gasteiger partial charge in [0.15, 0.2) is 0 Å². The summed E-state index contributed by atoms with van der Waals surface area (Å²) in [6.45, 7) is 9.21. The Kier molecular flexibility index (Phi) is 4.62. The molecular formula is C16H29NO3. The van der Waals surface area contributed by atoms with Gasteiger partial charge in [-0.25, -0.2) is 4.79 Å². The van der Waals surface area contributed by atoms with Crippen LogP contribution < -0.4 is 0 Å². The molecular weight excluding hydrogens is 254 g/mol. The SMILES string of the molecule is CCOC(=O)N1CC2CCCC2C1CC(O)C(C)(C)C. The third-order valence-electron chi connectivity index (χ3n) is 5.01. The summed E-state index contributed by atoms with van der Waals surface area (Å²) >= 11 is 0. The normalized spacial score (nSPS) is 31.2. The molecule has 1 N–H and O–H groups in total. The van der Waals surface area contributed by atoms with Crippen LogP contribution in [0.4, 0.5) is 4.79 Å². The van der Waals surface area contributed by atoms with Crippen LogP contribution in [0, 0.1) is 17.3 Å². The van der Waals surface area contributed by atoms with E-state index in [4.69, 9.17) is 4.74 Å². The Hall–Kier alpha value is -0.770. The van der Waals surface area contributed by atoms with Crippen LogP contribution in [-0.2, 0) is 4.74 Å². The third kappa shape index (κ3) is 3.11. The van der Waals surface area contributed by atoms with E-state index in [1.54, 1.807) is 0 Å². The first kappa shape index (κ1) is 15.6. The Morgan fingerprint density at radius 3 is 2.70 bits per heavy atom. The molecule has 1 saturated heterocycles. The van der Waals surface area contributed by atoms with E-state index in [1.807, 2.05) is 32.6 Å². The highest BCUT2D eigenvalue weighted by Crippen LogP contribution is 2.44. The topological polar surface area (TPSA) is 49.8 Å². The Morgan fingerprint density at radius 1 is 1.40 bits per heavy atom. The molecule has 4 nitrogen and oxygen atoms in total. The van der Waals surface area contributed by atoms with Gasteiger partial charge in [-0.3, -0.25) is 0 Å². The maximum Gasteiger partial charge on any atom is 0.410 e. The summed E-state index contributed by atoms with van der Waals surface area (Å²) in [6, 6.07) is 0.149. The zero-order valence-electron chi connectivity index (χ0n) is 13.3. The van der Waals surface area contributed by atoms with Gasteiger partial charge in [-0.15, -0.1) is 0 Å². The van der Waals surface area contributed by atoms with Crippen LogP contribution in [0.2, 0.25) is 0 Å². The van der Waals surface area contributed by atoms with Crippen LogP contribution in [0.15, 0.2) is 0 Å². The number of aliphatic hydroxyl groups is 1. The lowest BCUT2D eigenvalue weighted by molar-refractivity contribution is 0.0242. The molecule has 1 saturated carbocycles. The summed E-state index contributed by atoms with van der Waals surface area (Å²) < 4.78 is 5.19. The van der Waals surface area contributed by atoms with Crippen molar-refractivity contribution in [3.8, 4) is 0 Å². The van der Waals surface area contributed by atoms with Crippen molar-refractivity contribution in [3.05, 3.63) is 0 Å². The van der Waals surface area contributed by atoms with Crippen molar-refractivity contribution in [1.29, 1.82) is 0 Å². The minimum Gasteiger partial charge on any atom is -0.450 e. The molecule has 0 aromatic heterocycles. The van der Waals surface area contributed by atoms with E-state index >= 15 is 0 Å². The van der Waals surface area contributed by atoms with Crippen molar-refractivity contribution in [1.82, 2.24) is 4.90 Å². The van der Waals surface area contributed by atoms with Gasteiger partial charge in [0.2, 0.25) is 0 Å². The molecule has 2 rings (SSSR count). The average molecular weight is 283 g/mol. The van der Waals surface area contributed by atoms with Gasteiger partial charge in [0.25, 0.3) is 0 Å². The molecule has 4 heteroatoms. The lowest BCUT2D eigenvalue weighted by atomic mass is 9.82. The number of hydrogen-bond acceptors (Lipinski definition) is 3. The fourth-order valence-corrected chi connectivity index (χ4v) is 3.72. The molecule has 2 fully saturated rings. The zero-order valence-corrected chi connectivity index (χ0v) is 13.3. The van der Waals surface area contributed by atoms with Gasteiger partial charge in [0.1, 0.15) is 0 Å². The second kappa shape index (κ2) is 5.92. The summed E-state index contributed by atoms with van der Waals surface area (Å²) in [7, 11) is 0. The second-order valence-corrected chi connectivity index (χ2v) is 7.39. The van der Waals surface area contributed by atoms with Crippen molar-refractivity contribution in [2.24, 2.45) is 17.3 Å². The predicted octanol–water partition coefficient (Wildman–Crippen LogP) is 3.04. The standard InChI is InChI=1S/C16H29NO3/c1-5-20-15(19)17-10-11-7-6-8-12(11)13(17)9-14(18)16(2,3)4/h11-14,18H,5-10H2,1-4H3. The average Bonchev–Trinajstić information content (AvgIpc) is 2.90. The number of aliphatic hydroxyl groups excluding tert-OH is 1. The first-order valence-electron chi connectivity index (χ1n) is 7.96. The van der Waals surface area contributed by atoms with Gasteiger partial charge in [-0.2, -0.15) is 0 Å². The molecule has 0 radical (unpaired) electrons. The molecule has 2 aliphatic rings. The van der Waals surface area contributed by atoms with E-state index in [2.05, 4.69) is 0 Å². The maximum atomic E-state index is 12.1. The van der Waals surface area contributed by atoms with Gasteiger partial charge in [0.05, 0.1) is 12.7 Å². The number of hydrogen-bond donors (Lipinski definition) is 1. The fraction of sp³-hybridized carbons (Fsp3) is 0.938. The Balaban J connectivity index is 2.09. The van der Waals surface area contributed by atoms with Crippen LogP contribution in [0.1, 0.15) is 53.4 Å². The van der Waals surface area contributed by atoms with Gasteiger partial charge in [0, 0.05) is 12.6 Å². The summed E-state index contributed by atoms with van der Waals surface area (Å²) in [5, 5.41) is 10.4. The number of likely N-dealkylation sites (tertiary alicyclic amines) is 1. The second-order valence-electron chi connectivity index (χ2n) is 7.39. The monoisotopic (exact) mass is 283 g/mol. The van der Waals surface area contributed by atoms with Crippen molar-refractivity contribution in [3.63, 3.8) is 0 Å². The number of amides is 1. The number of carbonyl (C=O) groups excluding carboxylic acids is 1. The molecule has 116 valence electrons. The van der Waals surface area contributed by atoms with E-state index in [1.165, 1.54) is 19.3 Å². The summed E-state index contributed by atoms with van der Waals surface area (Å²) in [5.74, 6) is 1.16. The van der Waals surface area contributed by atoms with Crippen molar-refractivity contribution < 1.29 is 14.6 Å². The first-order chi connectivity index (χ1) is 9.34. The van der Waals surface area contributed by atoms with Crippen LogP contribution in [-0.4, -0.2) is 41.4 Å². The van der Waals surface area contributed by atoms with Crippen molar-refractivity contribution in [2.75, 3.05) is 13.2 Å². The van der Waals surface area contributed by atoms with E-state index in [-0.39, 0.29) is 23.7 Å². The van der Waals surface area contributed by atoms with Crippen LogP contribution >= 0.6 is 0 Å². The molecule has 4 atom stereocenters. The Morgan fingerprint density at radius 2 is 2.10 bits per heavy atom. The lowest BCUT2D eigenvalue weighted by Crippen LogP contribution is -2.42. The molecule has 1 heterocycles. The molecule has 0 aromatic carbocycles. The van der Waals surface area contributed by atoms with Gasteiger partial charge >= 0.3 is 6.09 Å².